The predicted molar refractivity (Wildman–Crippen MR) is 184 cm³/mol. The van der Waals surface area contributed by atoms with Gasteiger partial charge in [0.25, 0.3) is 10.0 Å². The van der Waals surface area contributed by atoms with Gasteiger partial charge in [-0.15, -0.1) is 0 Å². The summed E-state index contributed by atoms with van der Waals surface area (Å²) < 4.78 is 30.0. The number of nitrogens with zero attached hydrogens (tertiary/aromatic N) is 2. The molecule has 10 heteroatoms. The number of benzene rings is 4. The van der Waals surface area contributed by atoms with Gasteiger partial charge in [0.1, 0.15) is 12.6 Å². The second-order valence-electron chi connectivity index (χ2n) is 10.3. The lowest BCUT2D eigenvalue weighted by atomic mass is 10.0. The number of hydrogen-bond donors (Lipinski definition) is 1. The monoisotopic (exact) mass is 743 g/mol. The molecule has 2 amide bonds. The van der Waals surface area contributed by atoms with Gasteiger partial charge in [-0.1, -0.05) is 85.6 Å². The van der Waals surface area contributed by atoms with E-state index >= 15 is 0 Å². The molecule has 0 radical (unpaired) electrons. The van der Waals surface area contributed by atoms with Gasteiger partial charge in [0.05, 0.1) is 10.6 Å². The van der Waals surface area contributed by atoms with Crippen molar-refractivity contribution in [2.75, 3.05) is 17.4 Å². The number of nitrogens with one attached hydrogen (secondary N) is 1. The normalized spacial score (nSPS) is 11.9. The van der Waals surface area contributed by atoms with E-state index < -0.39 is 28.5 Å². The number of carbonyl (C=O) groups excluding carboxylic acids is 2. The van der Waals surface area contributed by atoms with Gasteiger partial charge in [0.15, 0.2) is 0 Å². The first-order valence-corrected chi connectivity index (χ1v) is 17.3. The molecule has 7 nitrogen and oxygen atoms in total. The number of anilines is 1. The van der Waals surface area contributed by atoms with Gasteiger partial charge in [-0.05, 0) is 88.7 Å². The Bertz CT molecular complexity index is 1620. The minimum absolute atomic E-state index is 0.0637. The van der Waals surface area contributed by atoms with E-state index in [2.05, 4.69) is 27.9 Å². The summed E-state index contributed by atoms with van der Waals surface area (Å²) in [5, 5.41) is 3.54. The first kappa shape index (κ1) is 33.5. The summed E-state index contributed by atoms with van der Waals surface area (Å²) in [7, 11) is -4.13. The summed E-state index contributed by atoms with van der Waals surface area (Å²) in [6.07, 6.45) is 1.96. The quantitative estimate of drug-likeness (QED) is 0.115. The zero-order chi connectivity index (χ0) is 31.5. The Morgan fingerprint density at radius 2 is 1.45 bits per heavy atom. The summed E-state index contributed by atoms with van der Waals surface area (Å²) in [6, 6.07) is 30.6. The van der Waals surface area contributed by atoms with E-state index in [0.717, 1.165) is 31.8 Å². The van der Waals surface area contributed by atoms with Crippen LogP contribution in [0.3, 0.4) is 0 Å². The van der Waals surface area contributed by atoms with E-state index in [-0.39, 0.29) is 23.8 Å². The molecule has 230 valence electrons. The standard InChI is InChI=1S/C34H35ClIN3O4S/c1-2-3-22-37-34(41)32(23-26-10-6-4-7-11-26)38(24-27-14-16-28(35)17-15-27)33(40)25-39(30-20-18-29(36)19-21-30)44(42,43)31-12-8-5-9-13-31/h4-21,32H,2-3,22-25H2,1H3,(H,37,41)/t32-/m0/s1. The topological polar surface area (TPSA) is 86.8 Å². The van der Waals surface area contributed by atoms with Crippen LogP contribution in [0.1, 0.15) is 30.9 Å². The maximum absolute atomic E-state index is 14.4. The van der Waals surface area contributed by atoms with Crippen LogP contribution in [0.4, 0.5) is 5.69 Å². The molecule has 0 aliphatic carbocycles. The number of halogens is 2. The van der Waals surface area contributed by atoms with Crippen molar-refractivity contribution in [1.29, 1.82) is 0 Å². The molecule has 4 aromatic carbocycles. The average molecular weight is 744 g/mol. The third kappa shape index (κ3) is 9.06. The Hall–Kier alpha value is -3.41. The molecule has 1 atom stereocenters. The highest BCUT2D eigenvalue weighted by Crippen LogP contribution is 2.26. The molecule has 1 N–H and O–H groups in total. The van der Waals surface area contributed by atoms with Gasteiger partial charge in [-0.2, -0.15) is 0 Å². The third-order valence-corrected chi connectivity index (χ3v) is 9.85. The molecule has 0 bridgehead atoms. The molecule has 0 fully saturated rings. The Kier molecular flexibility index (Phi) is 12.2. The van der Waals surface area contributed by atoms with Crippen molar-refractivity contribution in [3.63, 3.8) is 0 Å². The van der Waals surface area contributed by atoms with Gasteiger partial charge >= 0.3 is 0 Å². The summed E-state index contributed by atoms with van der Waals surface area (Å²) in [5.41, 5.74) is 1.98. The predicted octanol–water partition coefficient (Wildman–Crippen LogP) is 6.70. The van der Waals surface area contributed by atoms with E-state index in [1.807, 2.05) is 37.3 Å². The third-order valence-electron chi connectivity index (χ3n) is 7.09. The van der Waals surface area contributed by atoms with Crippen molar-refractivity contribution in [1.82, 2.24) is 10.2 Å². The highest BCUT2D eigenvalue weighted by atomic mass is 127. The van der Waals surface area contributed by atoms with Crippen molar-refractivity contribution in [3.8, 4) is 0 Å². The number of amides is 2. The fraction of sp³-hybridized carbons (Fsp3) is 0.235. The van der Waals surface area contributed by atoms with E-state index in [4.69, 9.17) is 11.6 Å². The fourth-order valence-electron chi connectivity index (χ4n) is 4.70. The highest BCUT2D eigenvalue weighted by molar-refractivity contribution is 14.1. The maximum Gasteiger partial charge on any atom is 0.264 e. The molecule has 0 heterocycles. The van der Waals surface area contributed by atoms with E-state index in [1.165, 1.54) is 17.0 Å². The highest BCUT2D eigenvalue weighted by Gasteiger charge is 2.34. The van der Waals surface area contributed by atoms with Gasteiger partial charge < -0.3 is 10.2 Å². The van der Waals surface area contributed by atoms with Crippen LogP contribution < -0.4 is 9.62 Å². The molecule has 0 unspecified atom stereocenters. The largest absolute Gasteiger partial charge is 0.354 e. The van der Waals surface area contributed by atoms with Crippen molar-refractivity contribution >= 4 is 61.7 Å². The first-order chi connectivity index (χ1) is 21.2. The second kappa shape index (κ2) is 16.1. The van der Waals surface area contributed by atoms with Crippen molar-refractivity contribution in [2.24, 2.45) is 0 Å². The summed E-state index contributed by atoms with van der Waals surface area (Å²) in [5.74, 6) is -0.805. The molecule has 4 aromatic rings. The van der Waals surface area contributed by atoms with Crippen LogP contribution in [0.25, 0.3) is 0 Å². The number of unbranched alkanes of at least 4 members (excludes halogenated alkanes) is 1. The lowest BCUT2D eigenvalue weighted by Crippen LogP contribution is -2.53. The minimum atomic E-state index is -4.13. The SMILES string of the molecule is CCCCNC(=O)[C@H](Cc1ccccc1)N(Cc1ccc(Cl)cc1)C(=O)CN(c1ccc(I)cc1)S(=O)(=O)c1ccccc1. The van der Waals surface area contributed by atoms with E-state index in [0.29, 0.717) is 17.3 Å². The van der Waals surface area contributed by atoms with Crippen LogP contribution in [0.15, 0.2) is 114 Å². The average Bonchev–Trinajstić information content (AvgIpc) is 3.03. The van der Waals surface area contributed by atoms with Gasteiger partial charge in [-0.3, -0.25) is 13.9 Å². The van der Waals surface area contributed by atoms with Crippen LogP contribution in [-0.2, 0) is 32.6 Å². The zero-order valence-corrected chi connectivity index (χ0v) is 28.1. The van der Waals surface area contributed by atoms with Crippen LogP contribution in [0.5, 0.6) is 0 Å². The molecule has 44 heavy (non-hydrogen) atoms. The molecule has 0 saturated carbocycles. The smallest absolute Gasteiger partial charge is 0.264 e. The van der Waals surface area contributed by atoms with Crippen molar-refractivity contribution in [3.05, 3.63) is 129 Å². The van der Waals surface area contributed by atoms with Gasteiger partial charge in [0.2, 0.25) is 11.8 Å². The Morgan fingerprint density at radius 3 is 2.07 bits per heavy atom. The first-order valence-electron chi connectivity index (χ1n) is 14.4. The summed E-state index contributed by atoms with van der Waals surface area (Å²) in [4.78, 5) is 29.7. The lowest BCUT2D eigenvalue weighted by molar-refractivity contribution is -0.140. The molecule has 0 spiro atoms. The molecule has 0 saturated heterocycles. The lowest BCUT2D eigenvalue weighted by Gasteiger charge is -2.34. The maximum atomic E-state index is 14.4. The summed E-state index contributed by atoms with van der Waals surface area (Å²) >= 11 is 8.29. The van der Waals surface area contributed by atoms with E-state index in [1.54, 1.807) is 66.7 Å². The van der Waals surface area contributed by atoms with Gasteiger partial charge in [0, 0.05) is 28.1 Å². The van der Waals surface area contributed by atoms with Crippen LogP contribution in [-0.4, -0.2) is 44.3 Å². The second-order valence-corrected chi connectivity index (χ2v) is 13.8. The number of rotatable bonds is 14. The molecular weight excluding hydrogens is 709 g/mol. The molecule has 0 aliphatic rings. The van der Waals surface area contributed by atoms with Crippen LogP contribution in [0.2, 0.25) is 5.02 Å². The van der Waals surface area contributed by atoms with Crippen molar-refractivity contribution < 1.29 is 18.0 Å². The van der Waals surface area contributed by atoms with Gasteiger partial charge in [-0.25, -0.2) is 8.42 Å². The molecule has 0 aliphatic heterocycles. The van der Waals surface area contributed by atoms with Crippen LogP contribution in [0, 0.1) is 3.57 Å². The molecular formula is C34H35ClIN3O4S. The molecule has 0 aromatic heterocycles. The summed E-state index contributed by atoms with van der Waals surface area (Å²) in [6.45, 7) is 2.09. The van der Waals surface area contributed by atoms with E-state index in [9.17, 15) is 18.0 Å². The Balaban J connectivity index is 1.77. The van der Waals surface area contributed by atoms with Crippen LogP contribution >= 0.6 is 34.2 Å². The molecule has 4 rings (SSSR count). The zero-order valence-electron chi connectivity index (χ0n) is 24.4. The fourth-order valence-corrected chi connectivity index (χ4v) is 6.62. The minimum Gasteiger partial charge on any atom is -0.354 e. The Labute approximate surface area is 278 Å². The number of hydrogen-bond acceptors (Lipinski definition) is 4. The number of sulfonamides is 1. The Morgan fingerprint density at radius 1 is 0.841 bits per heavy atom. The van der Waals surface area contributed by atoms with Crippen molar-refractivity contribution in [2.45, 2.75) is 43.7 Å². The number of carbonyl (C=O) groups is 2.